The summed E-state index contributed by atoms with van der Waals surface area (Å²) in [5.74, 6) is 0.607. The average Bonchev–Trinajstić information content (AvgIpc) is 3.14. The minimum atomic E-state index is -4.07. The second kappa shape index (κ2) is 11.6. The second-order valence-electron chi connectivity index (χ2n) is 6.73. The summed E-state index contributed by atoms with van der Waals surface area (Å²) in [4.78, 5) is 6.55. The number of rotatable bonds is 7. The van der Waals surface area contributed by atoms with E-state index in [0.717, 1.165) is 18.7 Å². The van der Waals surface area contributed by atoms with E-state index in [4.69, 9.17) is 0 Å². The van der Waals surface area contributed by atoms with Crippen LogP contribution in [0.5, 0.6) is 0 Å². The number of aliphatic imine (C=N–C) groups is 1. The monoisotopic (exact) mass is 498 g/mol. The summed E-state index contributed by atoms with van der Waals surface area (Å²) in [5, 5.41) is 6.39. The summed E-state index contributed by atoms with van der Waals surface area (Å²) in [6, 6.07) is 8.52. The Bertz CT molecular complexity index is 587. The minimum absolute atomic E-state index is 0. The molecule has 1 atom stereocenters. The lowest BCUT2D eigenvalue weighted by atomic mass is 10.1. The van der Waals surface area contributed by atoms with Gasteiger partial charge in [-0.25, -0.2) is 0 Å². The number of unbranched alkanes of at least 4 members (excludes halogenated alkanes) is 1. The van der Waals surface area contributed by atoms with Crippen molar-refractivity contribution >= 4 is 35.6 Å². The summed E-state index contributed by atoms with van der Waals surface area (Å²) in [6.07, 6.45) is -1.75. The van der Waals surface area contributed by atoms with Gasteiger partial charge in [0.1, 0.15) is 0 Å². The molecular weight excluding hydrogens is 468 g/mol. The Kier molecular flexibility index (Phi) is 10.3. The normalized spacial score (nSPS) is 16.0. The molecule has 0 aliphatic carbocycles. The van der Waals surface area contributed by atoms with Crippen LogP contribution in [0.15, 0.2) is 29.3 Å². The average molecular weight is 498 g/mol. The van der Waals surface area contributed by atoms with E-state index in [0.29, 0.717) is 18.9 Å². The van der Waals surface area contributed by atoms with Crippen molar-refractivity contribution in [2.75, 3.05) is 31.6 Å². The van der Waals surface area contributed by atoms with Crippen LogP contribution in [0.25, 0.3) is 0 Å². The largest absolute Gasteiger partial charge is 0.389 e. The van der Waals surface area contributed by atoms with Crippen molar-refractivity contribution in [3.05, 3.63) is 29.8 Å². The summed E-state index contributed by atoms with van der Waals surface area (Å²) in [5.41, 5.74) is 2.40. The maximum Gasteiger partial charge on any atom is 0.389 e. The van der Waals surface area contributed by atoms with Gasteiger partial charge in [0.05, 0.1) is 6.04 Å². The molecule has 0 radical (unpaired) electrons. The van der Waals surface area contributed by atoms with E-state index < -0.39 is 12.6 Å². The highest BCUT2D eigenvalue weighted by Gasteiger charge is 2.25. The van der Waals surface area contributed by atoms with Crippen molar-refractivity contribution in [2.45, 2.75) is 51.2 Å². The molecule has 1 aromatic rings. The first-order valence-electron chi connectivity index (χ1n) is 9.28. The molecule has 0 saturated carbocycles. The molecular formula is C19H30F3IN4. The minimum Gasteiger partial charge on any atom is -0.372 e. The number of nitrogens with one attached hydrogen (secondary N) is 2. The Hall–Kier alpha value is -1.19. The van der Waals surface area contributed by atoms with Gasteiger partial charge in [0.15, 0.2) is 5.96 Å². The fourth-order valence-electron chi connectivity index (χ4n) is 3.11. The van der Waals surface area contributed by atoms with Crippen LogP contribution in [0.3, 0.4) is 0 Å². The number of guanidine groups is 1. The first-order chi connectivity index (χ1) is 12.4. The van der Waals surface area contributed by atoms with Crippen LogP contribution in [-0.2, 0) is 0 Å². The quantitative estimate of drug-likeness (QED) is 0.244. The molecule has 1 fully saturated rings. The molecule has 4 nitrogen and oxygen atoms in total. The van der Waals surface area contributed by atoms with Crippen LogP contribution in [0.1, 0.15) is 50.6 Å². The summed E-state index contributed by atoms with van der Waals surface area (Å²) >= 11 is 0. The fraction of sp³-hybridized carbons (Fsp3) is 0.632. The lowest BCUT2D eigenvalue weighted by molar-refractivity contribution is -0.135. The van der Waals surface area contributed by atoms with Crippen LogP contribution in [0.2, 0.25) is 0 Å². The molecule has 154 valence electrons. The molecule has 0 aromatic heterocycles. The van der Waals surface area contributed by atoms with Crippen LogP contribution >= 0.6 is 24.0 Å². The van der Waals surface area contributed by atoms with Gasteiger partial charge in [-0.2, -0.15) is 13.2 Å². The highest BCUT2D eigenvalue weighted by atomic mass is 127. The lowest BCUT2D eigenvalue weighted by Crippen LogP contribution is -2.39. The maximum absolute atomic E-state index is 12.2. The molecule has 1 aliphatic rings. The molecule has 1 saturated heterocycles. The van der Waals surface area contributed by atoms with Gasteiger partial charge in [0.25, 0.3) is 0 Å². The van der Waals surface area contributed by atoms with Gasteiger partial charge in [-0.05, 0) is 50.3 Å². The summed E-state index contributed by atoms with van der Waals surface area (Å²) in [7, 11) is 1.67. The van der Waals surface area contributed by atoms with E-state index in [1.807, 2.05) is 0 Å². The second-order valence-corrected chi connectivity index (χ2v) is 6.73. The van der Waals surface area contributed by atoms with E-state index >= 15 is 0 Å². The molecule has 8 heteroatoms. The summed E-state index contributed by atoms with van der Waals surface area (Å²) < 4.78 is 36.5. The molecule has 1 aromatic carbocycles. The van der Waals surface area contributed by atoms with Gasteiger partial charge in [0.2, 0.25) is 0 Å². The van der Waals surface area contributed by atoms with Gasteiger partial charge in [-0.3, -0.25) is 4.99 Å². The number of hydrogen-bond acceptors (Lipinski definition) is 2. The Morgan fingerprint density at radius 2 is 1.93 bits per heavy atom. The Labute approximate surface area is 177 Å². The van der Waals surface area contributed by atoms with Crippen molar-refractivity contribution < 1.29 is 13.2 Å². The highest BCUT2D eigenvalue weighted by Crippen LogP contribution is 2.24. The van der Waals surface area contributed by atoms with Gasteiger partial charge >= 0.3 is 6.18 Å². The number of halogens is 4. The first-order valence-corrected chi connectivity index (χ1v) is 9.28. The van der Waals surface area contributed by atoms with Gasteiger partial charge in [-0.15, -0.1) is 24.0 Å². The van der Waals surface area contributed by atoms with Gasteiger partial charge in [-0.1, -0.05) is 12.1 Å². The first kappa shape index (κ1) is 23.8. The molecule has 0 bridgehead atoms. The molecule has 0 spiro atoms. The molecule has 0 amide bonds. The smallest absolute Gasteiger partial charge is 0.372 e. The standard InChI is InChI=1S/C19H29F3N4.HI/c1-15(16-8-7-9-17(14-16)26-12-5-6-13-26)25-18(23-2)24-11-4-3-10-19(20,21)22;/h7-9,14-15H,3-6,10-13H2,1-2H3,(H2,23,24,25);1H. The van der Waals surface area contributed by atoms with Crippen LogP contribution in [-0.4, -0.2) is 38.8 Å². The number of benzene rings is 1. The van der Waals surface area contributed by atoms with E-state index in [2.05, 4.69) is 51.7 Å². The zero-order valence-electron chi connectivity index (χ0n) is 16.0. The van der Waals surface area contributed by atoms with E-state index in [-0.39, 0.29) is 36.4 Å². The number of nitrogens with zero attached hydrogens (tertiary/aromatic N) is 2. The Morgan fingerprint density at radius 3 is 2.56 bits per heavy atom. The van der Waals surface area contributed by atoms with E-state index in [1.54, 1.807) is 7.05 Å². The Morgan fingerprint density at radius 1 is 1.22 bits per heavy atom. The molecule has 1 aliphatic heterocycles. The number of hydrogen-bond donors (Lipinski definition) is 2. The zero-order chi connectivity index (χ0) is 19.0. The van der Waals surface area contributed by atoms with Gasteiger partial charge < -0.3 is 15.5 Å². The van der Waals surface area contributed by atoms with Crippen molar-refractivity contribution in [1.82, 2.24) is 10.6 Å². The van der Waals surface area contributed by atoms with Gasteiger partial charge in [0, 0.05) is 38.8 Å². The Balaban J connectivity index is 0.00000364. The summed E-state index contributed by atoms with van der Waals surface area (Å²) in [6.45, 7) is 4.73. The lowest BCUT2D eigenvalue weighted by Gasteiger charge is -2.22. The number of alkyl halides is 3. The fourth-order valence-corrected chi connectivity index (χ4v) is 3.11. The van der Waals surface area contributed by atoms with E-state index in [1.165, 1.54) is 18.5 Å². The molecule has 2 rings (SSSR count). The van der Waals surface area contributed by atoms with Crippen molar-refractivity contribution in [3.63, 3.8) is 0 Å². The SMILES string of the molecule is CN=C(NCCCCC(F)(F)F)NC(C)c1cccc(N2CCCC2)c1.I. The maximum atomic E-state index is 12.2. The highest BCUT2D eigenvalue weighted by molar-refractivity contribution is 14.0. The van der Waals surface area contributed by atoms with Crippen molar-refractivity contribution in [3.8, 4) is 0 Å². The van der Waals surface area contributed by atoms with Crippen LogP contribution < -0.4 is 15.5 Å². The molecule has 2 N–H and O–H groups in total. The molecule has 27 heavy (non-hydrogen) atoms. The number of anilines is 1. The molecule has 1 heterocycles. The predicted molar refractivity (Wildman–Crippen MR) is 116 cm³/mol. The zero-order valence-corrected chi connectivity index (χ0v) is 18.3. The third kappa shape index (κ3) is 8.57. The third-order valence-electron chi connectivity index (χ3n) is 4.60. The predicted octanol–water partition coefficient (Wildman–Crippen LogP) is 4.86. The van der Waals surface area contributed by atoms with E-state index in [9.17, 15) is 13.2 Å². The topological polar surface area (TPSA) is 39.7 Å². The third-order valence-corrected chi connectivity index (χ3v) is 4.60. The molecule has 1 unspecified atom stereocenters. The van der Waals surface area contributed by atoms with Crippen molar-refractivity contribution in [2.24, 2.45) is 4.99 Å². The van der Waals surface area contributed by atoms with Crippen LogP contribution in [0.4, 0.5) is 18.9 Å². The van der Waals surface area contributed by atoms with Crippen molar-refractivity contribution in [1.29, 1.82) is 0 Å². The van der Waals surface area contributed by atoms with Crippen LogP contribution in [0, 0.1) is 0 Å².